The molecular weight excluding hydrogens is 589 g/mol. The first-order valence-corrected chi connectivity index (χ1v) is 15.8. The topological polar surface area (TPSA) is 77.3 Å². The molecule has 0 bridgehead atoms. The summed E-state index contributed by atoms with van der Waals surface area (Å²) in [6.45, 7) is 0. The maximum absolute atomic E-state index is 5.14. The van der Waals surface area contributed by atoms with Crippen LogP contribution in [0.2, 0.25) is 0 Å². The second-order valence-electron chi connectivity index (χ2n) is 11.6. The molecule has 0 saturated carbocycles. The Labute approximate surface area is 276 Å². The Hall–Kier alpha value is -6.66. The van der Waals surface area contributed by atoms with Gasteiger partial charge in [0, 0.05) is 39.7 Å². The molecule has 9 rings (SSSR count). The first kappa shape index (κ1) is 27.6. The summed E-state index contributed by atoms with van der Waals surface area (Å²) >= 11 is 0. The number of fused-ring (bicyclic) bond motifs is 4. The zero-order valence-electron chi connectivity index (χ0n) is 25.7. The molecule has 0 spiro atoms. The highest BCUT2D eigenvalue weighted by molar-refractivity contribution is 6.04. The predicted octanol–water partition coefficient (Wildman–Crippen LogP) is 9.85. The molecule has 5 aromatic heterocycles. The largest absolute Gasteiger partial charge is 0.255 e. The van der Waals surface area contributed by atoms with E-state index in [1.807, 2.05) is 60.7 Å². The molecule has 224 valence electrons. The summed E-state index contributed by atoms with van der Waals surface area (Å²) in [6.07, 6.45) is 3.54. The number of aromatic nitrogens is 6. The predicted molar refractivity (Wildman–Crippen MR) is 193 cm³/mol. The van der Waals surface area contributed by atoms with Crippen LogP contribution in [0.3, 0.4) is 0 Å². The van der Waals surface area contributed by atoms with Crippen molar-refractivity contribution in [3.63, 3.8) is 0 Å². The fraction of sp³-hybridized carbons (Fsp3) is 0. The van der Waals surface area contributed by atoms with Gasteiger partial charge in [-0.15, -0.1) is 0 Å². The van der Waals surface area contributed by atoms with Crippen LogP contribution in [0.1, 0.15) is 0 Å². The Kier molecular flexibility index (Phi) is 6.68. The van der Waals surface area contributed by atoms with Crippen LogP contribution in [0, 0.1) is 0 Å². The number of nitrogens with zero attached hydrogens (tertiary/aromatic N) is 6. The zero-order valence-corrected chi connectivity index (χ0v) is 25.7. The second-order valence-corrected chi connectivity index (χ2v) is 11.6. The second kappa shape index (κ2) is 11.6. The minimum Gasteiger partial charge on any atom is -0.255 e. The molecule has 0 amide bonds. The molecule has 4 aromatic carbocycles. The van der Waals surface area contributed by atoms with Crippen molar-refractivity contribution in [1.29, 1.82) is 0 Å². The van der Waals surface area contributed by atoms with E-state index in [0.29, 0.717) is 5.82 Å². The summed E-state index contributed by atoms with van der Waals surface area (Å²) in [5, 5.41) is 3.06. The van der Waals surface area contributed by atoms with Gasteiger partial charge in [0.15, 0.2) is 5.82 Å². The molecule has 6 nitrogen and oxygen atoms in total. The van der Waals surface area contributed by atoms with Crippen LogP contribution in [-0.2, 0) is 0 Å². The average Bonchev–Trinajstić information content (AvgIpc) is 3.18. The van der Waals surface area contributed by atoms with Crippen LogP contribution in [-0.4, -0.2) is 29.9 Å². The number of hydrogen-bond acceptors (Lipinski definition) is 6. The van der Waals surface area contributed by atoms with E-state index in [-0.39, 0.29) is 0 Å². The first-order valence-electron chi connectivity index (χ1n) is 15.8. The van der Waals surface area contributed by atoms with Crippen molar-refractivity contribution >= 4 is 32.7 Å². The summed E-state index contributed by atoms with van der Waals surface area (Å²) in [5.41, 5.74) is 11.0. The molecule has 9 aromatic rings. The highest BCUT2D eigenvalue weighted by Crippen LogP contribution is 2.33. The monoisotopic (exact) mass is 614 g/mol. The summed E-state index contributed by atoms with van der Waals surface area (Å²) < 4.78 is 0. The van der Waals surface area contributed by atoms with Gasteiger partial charge in [-0.25, -0.2) is 19.9 Å². The van der Waals surface area contributed by atoms with Crippen molar-refractivity contribution in [2.24, 2.45) is 0 Å². The van der Waals surface area contributed by atoms with Crippen molar-refractivity contribution < 1.29 is 0 Å². The van der Waals surface area contributed by atoms with Gasteiger partial charge in [-0.2, -0.15) is 0 Å². The maximum Gasteiger partial charge on any atom is 0.179 e. The smallest absolute Gasteiger partial charge is 0.179 e. The van der Waals surface area contributed by atoms with Crippen LogP contribution in [0.15, 0.2) is 158 Å². The minimum atomic E-state index is 0.572. The van der Waals surface area contributed by atoms with E-state index < -0.39 is 0 Å². The number of hydrogen-bond donors (Lipinski definition) is 0. The van der Waals surface area contributed by atoms with E-state index in [1.54, 1.807) is 12.4 Å². The number of rotatable bonds is 5. The van der Waals surface area contributed by atoms with Crippen LogP contribution >= 0.6 is 0 Å². The van der Waals surface area contributed by atoms with Crippen LogP contribution in [0.25, 0.3) is 89.3 Å². The van der Waals surface area contributed by atoms with Gasteiger partial charge in [0.25, 0.3) is 0 Å². The number of benzene rings is 4. The van der Waals surface area contributed by atoms with E-state index >= 15 is 0 Å². The maximum atomic E-state index is 5.14. The molecule has 0 saturated heterocycles. The van der Waals surface area contributed by atoms with Crippen molar-refractivity contribution in [2.45, 2.75) is 0 Å². The Balaban J connectivity index is 1.10. The van der Waals surface area contributed by atoms with E-state index in [9.17, 15) is 0 Å². The Morgan fingerprint density at radius 3 is 1.56 bits per heavy atom. The van der Waals surface area contributed by atoms with Gasteiger partial charge >= 0.3 is 0 Å². The van der Waals surface area contributed by atoms with Gasteiger partial charge < -0.3 is 0 Å². The zero-order chi connectivity index (χ0) is 31.9. The lowest BCUT2D eigenvalue weighted by molar-refractivity contribution is 1.16. The number of pyridine rings is 4. The van der Waals surface area contributed by atoms with E-state index in [4.69, 9.17) is 19.9 Å². The molecule has 48 heavy (non-hydrogen) atoms. The molecule has 0 atom stereocenters. The van der Waals surface area contributed by atoms with Crippen molar-refractivity contribution in [2.75, 3.05) is 0 Å². The Morgan fingerprint density at radius 2 is 0.917 bits per heavy atom. The third-order valence-corrected chi connectivity index (χ3v) is 8.60. The third kappa shape index (κ3) is 5.02. The van der Waals surface area contributed by atoms with Gasteiger partial charge in [0.05, 0.1) is 33.6 Å². The molecule has 0 aliphatic rings. The summed E-state index contributed by atoms with van der Waals surface area (Å²) in [5.74, 6) is 0.572. The molecule has 6 heteroatoms. The molecule has 0 aliphatic carbocycles. The molecule has 5 heterocycles. The normalized spacial score (nSPS) is 11.3. The molecule has 0 radical (unpaired) electrons. The van der Waals surface area contributed by atoms with Crippen LogP contribution in [0.5, 0.6) is 0 Å². The standard InChI is InChI=1S/C42H26N6/c1-2-8-28(9-3-1)34-21-18-30-16-17-31-19-22-35(46-40(31)39(30)45-34)29-14-12-27(13-15-29)32-20-23-36-33(26-32)41(37-10-4-6-24-43-37)48-42(47-36)38-11-5-7-25-44-38/h1-26H. The molecule has 0 aliphatic heterocycles. The summed E-state index contributed by atoms with van der Waals surface area (Å²) in [6, 6.07) is 49.3. The lowest BCUT2D eigenvalue weighted by Gasteiger charge is -2.11. The van der Waals surface area contributed by atoms with Gasteiger partial charge in [0.1, 0.15) is 11.4 Å². The van der Waals surface area contributed by atoms with E-state index in [2.05, 4.69) is 94.9 Å². The average molecular weight is 615 g/mol. The summed E-state index contributed by atoms with van der Waals surface area (Å²) in [4.78, 5) is 29.1. The van der Waals surface area contributed by atoms with Crippen molar-refractivity contribution in [1.82, 2.24) is 29.9 Å². The first-order chi connectivity index (χ1) is 23.8. The minimum absolute atomic E-state index is 0.572. The van der Waals surface area contributed by atoms with Crippen molar-refractivity contribution in [3.05, 3.63) is 158 Å². The van der Waals surface area contributed by atoms with Gasteiger partial charge in [-0.3, -0.25) is 9.97 Å². The Morgan fingerprint density at radius 1 is 0.354 bits per heavy atom. The van der Waals surface area contributed by atoms with Crippen LogP contribution < -0.4 is 0 Å². The van der Waals surface area contributed by atoms with Crippen LogP contribution in [0.4, 0.5) is 0 Å². The highest BCUT2D eigenvalue weighted by Gasteiger charge is 2.15. The van der Waals surface area contributed by atoms with E-state index in [0.717, 1.165) is 83.4 Å². The molecule has 0 unspecified atom stereocenters. The lowest BCUT2D eigenvalue weighted by Crippen LogP contribution is -1.97. The molecule has 0 fully saturated rings. The van der Waals surface area contributed by atoms with Gasteiger partial charge in [0.2, 0.25) is 0 Å². The quantitative estimate of drug-likeness (QED) is 0.180. The van der Waals surface area contributed by atoms with Gasteiger partial charge in [-0.05, 0) is 59.7 Å². The highest BCUT2D eigenvalue weighted by atomic mass is 14.9. The fourth-order valence-corrected chi connectivity index (χ4v) is 6.15. The SMILES string of the molecule is c1ccc(-c2ccc3ccc4ccc(-c5ccc(-c6ccc7nc(-c8ccccn8)nc(-c8ccccn8)c7c6)cc5)nc4c3n2)cc1. The van der Waals surface area contributed by atoms with Crippen molar-refractivity contribution in [3.8, 4) is 56.5 Å². The molecular formula is C42H26N6. The van der Waals surface area contributed by atoms with E-state index in [1.165, 1.54) is 0 Å². The van der Waals surface area contributed by atoms with Gasteiger partial charge in [-0.1, -0.05) is 97.1 Å². The fourth-order valence-electron chi connectivity index (χ4n) is 6.15. The molecule has 0 N–H and O–H groups in total. The summed E-state index contributed by atoms with van der Waals surface area (Å²) in [7, 11) is 0. The lowest BCUT2D eigenvalue weighted by atomic mass is 9.99. The third-order valence-electron chi connectivity index (χ3n) is 8.60. The Bertz CT molecular complexity index is 2590.